The van der Waals surface area contributed by atoms with E-state index >= 15 is 0 Å². The van der Waals surface area contributed by atoms with E-state index < -0.39 is 6.10 Å². The molecule has 3 atom stereocenters. The molecule has 0 radical (unpaired) electrons. The Balaban J connectivity index is 1.50. The first-order valence-corrected chi connectivity index (χ1v) is 9.20. The van der Waals surface area contributed by atoms with Crippen LogP contribution in [0.4, 0.5) is 0 Å². The normalized spacial score (nSPS) is 23.2. The fraction of sp³-hybridized carbons (Fsp3) is 0.550. The Morgan fingerprint density at radius 1 is 1.15 bits per heavy atom. The Labute approximate surface area is 154 Å². The van der Waals surface area contributed by atoms with Crippen molar-refractivity contribution < 1.29 is 19.3 Å². The molecule has 1 aromatic carbocycles. The van der Waals surface area contributed by atoms with Crippen LogP contribution in [0.25, 0.3) is 0 Å². The van der Waals surface area contributed by atoms with Crippen molar-refractivity contribution in [2.75, 3.05) is 20.3 Å². The Bertz CT molecular complexity index is 646. The van der Waals surface area contributed by atoms with E-state index in [4.69, 9.17) is 14.2 Å². The molecule has 1 heterocycles. The van der Waals surface area contributed by atoms with E-state index in [0.717, 1.165) is 24.1 Å². The molecule has 0 amide bonds. The largest absolute Gasteiger partial charge is 0.392 e. The van der Waals surface area contributed by atoms with E-state index in [9.17, 15) is 5.11 Å². The average molecular weight is 360 g/mol. The third kappa shape index (κ3) is 5.14. The van der Waals surface area contributed by atoms with Gasteiger partial charge in [-0.05, 0) is 24.5 Å². The van der Waals surface area contributed by atoms with Crippen LogP contribution >= 0.6 is 0 Å². The molecular formula is C20H28N2O4. The molecule has 0 bridgehead atoms. The van der Waals surface area contributed by atoms with Crippen molar-refractivity contribution >= 4 is 0 Å². The zero-order valence-corrected chi connectivity index (χ0v) is 15.3. The van der Waals surface area contributed by atoms with Gasteiger partial charge in [-0.25, -0.2) is 4.68 Å². The predicted octanol–water partition coefficient (Wildman–Crippen LogP) is 2.72. The Hall–Kier alpha value is -1.73. The van der Waals surface area contributed by atoms with Crippen LogP contribution in [0.5, 0.6) is 0 Å². The molecule has 0 saturated heterocycles. The second kappa shape index (κ2) is 9.83. The van der Waals surface area contributed by atoms with Gasteiger partial charge in [0.05, 0.1) is 32.0 Å². The predicted molar refractivity (Wildman–Crippen MR) is 97.7 cm³/mol. The smallest absolute Gasteiger partial charge is 0.139 e. The minimum Gasteiger partial charge on any atom is -0.392 e. The number of nitrogens with zero attached hydrogens (tertiary/aromatic N) is 2. The lowest BCUT2D eigenvalue weighted by Gasteiger charge is -2.33. The summed E-state index contributed by atoms with van der Waals surface area (Å²) in [6.45, 7) is 2.05. The molecule has 2 aromatic rings. The molecule has 3 rings (SSSR count). The van der Waals surface area contributed by atoms with Crippen molar-refractivity contribution in [1.29, 1.82) is 0 Å². The third-order valence-electron chi connectivity index (χ3n) is 4.87. The maximum absolute atomic E-state index is 10.7. The number of aliphatic hydroxyl groups excluding tert-OH is 1. The molecule has 1 aliphatic carbocycles. The van der Waals surface area contributed by atoms with E-state index in [1.807, 2.05) is 28.9 Å². The van der Waals surface area contributed by atoms with Crippen LogP contribution in [-0.4, -0.2) is 47.4 Å². The van der Waals surface area contributed by atoms with Gasteiger partial charge < -0.3 is 19.3 Å². The molecule has 0 aliphatic heterocycles. The zero-order chi connectivity index (χ0) is 18.2. The summed E-state index contributed by atoms with van der Waals surface area (Å²) < 4.78 is 18.4. The van der Waals surface area contributed by atoms with Crippen LogP contribution in [0.3, 0.4) is 0 Å². The minimum atomic E-state index is -0.432. The average Bonchev–Trinajstić information content (AvgIpc) is 3.13. The summed E-state index contributed by atoms with van der Waals surface area (Å²) in [6.07, 6.45) is 3.89. The summed E-state index contributed by atoms with van der Waals surface area (Å²) in [4.78, 5) is 0. The quantitative estimate of drug-likeness (QED) is 0.697. The van der Waals surface area contributed by atoms with E-state index in [0.29, 0.717) is 33.0 Å². The molecule has 142 valence electrons. The van der Waals surface area contributed by atoms with Gasteiger partial charge in [-0.2, -0.15) is 5.10 Å². The van der Waals surface area contributed by atoms with Gasteiger partial charge in [0.25, 0.3) is 0 Å². The van der Waals surface area contributed by atoms with E-state index in [2.05, 4.69) is 17.2 Å². The minimum absolute atomic E-state index is 0.0695. The lowest BCUT2D eigenvalue weighted by atomic mass is 9.82. The summed E-state index contributed by atoms with van der Waals surface area (Å²) in [5.41, 5.74) is 2.19. The molecule has 1 saturated carbocycles. The molecule has 2 unspecified atom stereocenters. The van der Waals surface area contributed by atoms with Crippen LogP contribution in [0, 0.1) is 0 Å². The van der Waals surface area contributed by atoms with Crippen LogP contribution in [0.15, 0.2) is 42.6 Å². The van der Waals surface area contributed by atoms with Crippen LogP contribution < -0.4 is 0 Å². The van der Waals surface area contributed by atoms with Gasteiger partial charge in [0.2, 0.25) is 0 Å². The van der Waals surface area contributed by atoms with Gasteiger partial charge in [-0.3, -0.25) is 0 Å². The SMILES string of the molecule is COCCOCn1nccc1C1CC[C@@H](OCc2ccccc2)CC1O. The second-order valence-corrected chi connectivity index (χ2v) is 6.69. The third-order valence-corrected chi connectivity index (χ3v) is 4.87. The highest BCUT2D eigenvalue weighted by Crippen LogP contribution is 2.34. The van der Waals surface area contributed by atoms with Crippen LogP contribution in [0.2, 0.25) is 0 Å². The maximum atomic E-state index is 10.7. The summed E-state index contributed by atoms with van der Waals surface area (Å²) in [7, 11) is 1.65. The molecule has 6 nitrogen and oxygen atoms in total. The number of methoxy groups -OCH3 is 1. The zero-order valence-electron chi connectivity index (χ0n) is 15.3. The fourth-order valence-electron chi connectivity index (χ4n) is 3.45. The van der Waals surface area contributed by atoms with Gasteiger partial charge in [0.1, 0.15) is 6.73 Å². The Morgan fingerprint density at radius 3 is 2.77 bits per heavy atom. The Kier molecular flexibility index (Phi) is 7.20. The molecule has 1 fully saturated rings. The first kappa shape index (κ1) is 19.0. The maximum Gasteiger partial charge on any atom is 0.139 e. The van der Waals surface area contributed by atoms with Gasteiger partial charge in [0.15, 0.2) is 0 Å². The van der Waals surface area contributed by atoms with E-state index in [1.165, 1.54) is 0 Å². The molecule has 1 N–H and O–H groups in total. The topological polar surface area (TPSA) is 65.7 Å². The molecule has 1 aliphatic rings. The summed E-state index contributed by atoms with van der Waals surface area (Å²) in [5, 5.41) is 15.0. The van der Waals surface area contributed by atoms with Crippen LogP contribution in [0.1, 0.15) is 36.4 Å². The Morgan fingerprint density at radius 2 is 2.00 bits per heavy atom. The molecule has 26 heavy (non-hydrogen) atoms. The number of benzene rings is 1. The lowest BCUT2D eigenvalue weighted by molar-refractivity contribution is -0.0340. The second-order valence-electron chi connectivity index (χ2n) is 6.69. The van der Waals surface area contributed by atoms with Crippen LogP contribution in [-0.2, 0) is 27.5 Å². The van der Waals surface area contributed by atoms with E-state index in [-0.39, 0.29) is 12.0 Å². The van der Waals surface area contributed by atoms with Crippen molar-refractivity contribution in [3.8, 4) is 0 Å². The number of aromatic nitrogens is 2. The highest BCUT2D eigenvalue weighted by atomic mass is 16.5. The monoisotopic (exact) mass is 360 g/mol. The molecule has 0 spiro atoms. The summed E-state index contributed by atoms with van der Waals surface area (Å²) in [5.74, 6) is 0.0695. The number of aliphatic hydroxyl groups is 1. The molecular weight excluding hydrogens is 332 g/mol. The van der Waals surface area contributed by atoms with Gasteiger partial charge >= 0.3 is 0 Å². The highest BCUT2D eigenvalue weighted by Gasteiger charge is 2.32. The van der Waals surface area contributed by atoms with E-state index in [1.54, 1.807) is 13.3 Å². The van der Waals surface area contributed by atoms with Gasteiger partial charge in [-0.15, -0.1) is 0 Å². The number of hydrogen-bond acceptors (Lipinski definition) is 5. The standard InChI is InChI=1S/C20H28N2O4/c1-24-11-12-25-15-22-19(9-10-21-22)18-8-7-17(13-20(18)23)26-14-16-5-3-2-4-6-16/h2-6,9-10,17-18,20,23H,7-8,11-15H2,1H3/t17-,18?,20?/m1/s1. The van der Waals surface area contributed by atoms with Gasteiger partial charge in [0, 0.05) is 31.3 Å². The van der Waals surface area contributed by atoms with Crippen molar-refractivity contribution in [1.82, 2.24) is 9.78 Å². The summed E-state index contributed by atoms with van der Waals surface area (Å²) >= 11 is 0. The first-order valence-electron chi connectivity index (χ1n) is 9.20. The number of rotatable bonds is 9. The van der Waals surface area contributed by atoms with Crippen molar-refractivity contribution in [3.63, 3.8) is 0 Å². The van der Waals surface area contributed by atoms with Crippen molar-refractivity contribution in [2.45, 2.75) is 50.7 Å². The van der Waals surface area contributed by atoms with Crippen molar-refractivity contribution in [3.05, 3.63) is 53.9 Å². The lowest BCUT2D eigenvalue weighted by Crippen LogP contribution is -2.33. The number of ether oxygens (including phenoxy) is 3. The van der Waals surface area contributed by atoms with Gasteiger partial charge in [-0.1, -0.05) is 30.3 Å². The highest BCUT2D eigenvalue weighted by molar-refractivity contribution is 5.14. The summed E-state index contributed by atoms with van der Waals surface area (Å²) in [6, 6.07) is 12.1. The fourth-order valence-corrected chi connectivity index (χ4v) is 3.45. The molecule has 6 heteroatoms. The number of hydrogen-bond donors (Lipinski definition) is 1. The first-order chi connectivity index (χ1) is 12.8. The molecule has 1 aromatic heterocycles. The van der Waals surface area contributed by atoms with Crippen molar-refractivity contribution in [2.24, 2.45) is 0 Å².